The fourth-order valence-electron chi connectivity index (χ4n) is 2.51. The molecule has 0 saturated carbocycles. The first-order valence-corrected chi connectivity index (χ1v) is 8.44. The molecule has 132 valence electrons. The molecule has 1 aromatic heterocycles. The number of aryl methyl sites for hydroxylation is 2. The first kappa shape index (κ1) is 18.0. The first-order chi connectivity index (χ1) is 12.4. The minimum atomic E-state index is -0.500. The SMILES string of the molecule is Cc1ccc(/C=C/C(=O)OCc2cc(=O)oc3cc(C)c(Cl)cc23)cc1. The van der Waals surface area contributed by atoms with Crippen molar-refractivity contribution < 1.29 is 13.9 Å². The van der Waals surface area contributed by atoms with Crippen molar-refractivity contribution in [1.29, 1.82) is 0 Å². The average Bonchev–Trinajstić information content (AvgIpc) is 2.60. The van der Waals surface area contributed by atoms with Crippen molar-refractivity contribution in [2.75, 3.05) is 0 Å². The van der Waals surface area contributed by atoms with Crippen LogP contribution in [0.25, 0.3) is 17.0 Å². The molecule has 3 aromatic rings. The van der Waals surface area contributed by atoms with E-state index >= 15 is 0 Å². The molecule has 2 aromatic carbocycles. The fourth-order valence-corrected chi connectivity index (χ4v) is 2.67. The molecule has 0 fully saturated rings. The van der Waals surface area contributed by atoms with Gasteiger partial charge in [-0.1, -0.05) is 41.4 Å². The van der Waals surface area contributed by atoms with Crippen molar-refractivity contribution >= 4 is 34.6 Å². The van der Waals surface area contributed by atoms with Gasteiger partial charge in [-0.2, -0.15) is 0 Å². The molecule has 0 aliphatic rings. The zero-order valence-electron chi connectivity index (χ0n) is 14.4. The molecule has 0 amide bonds. The highest BCUT2D eigenvalue weighted by atomic mass is 35.5. The summed E-state index contributed by atoms with van der Waals surface area (Å²) in [5, 5.41) is 1.20. The predicted molar refractivity (Wildman–Crippen MR) is 102 cm³/mol. The lowest BCUT2D eigenvalue weighted by Crippen LogP contribution is -2.05. The Bertz CT molecular complexity index is 1050. The standard InChI is InChI=1S/C21H17ClO4/c1-13-3-5-15(6-4-13)7-8-20(23)25-12-16-10-21(24)26-19-9-14(2)18(22)11-17(16)19/h3-11H,12H2,1-2H3/b8-7+. The minimum absolute atomic E-state index is 0.0431. The highest BCUT2D eigenvalue weighted by molar-refractivity contribution is 6.32. The van der Waals surface area contributed by atoms with E-state index in [4.69, 9.17) is 20.8 Å². The van der Waals surface area contributed by atoms with Crippen LogP contribution in [0.2, 0.25) is 5.02 Å². The van der Waals surface area contributed by atoms with Crippen LogP contribution in [-0.2, 0) is 16.1 Å². The lowest BCUT2D eigenvalue weighted by molar-refractivity contribution is -0.138. The third-order valence-corrected chi connectivity index (χ3v) is 4.38. The topological polar surface area (TPSA) is 56.5 Å². The number of hydrogen-bond acceptors (Lipinski definition) is 4. The van der Waals surface area contributed by atoms with E-state index in [1.807, 2.05) is 38.1 Å². The molecule has 0 atom stereocenters. The van der Waals surface area contributed by atoms with Crippen LogP contribution in [0, 0.1) is 13.8 Å². The molecule has 3 rings (SSSR count). The highest BCUT2D eigenvalue weighted by Crippen LogP contribution is 2.25. The zero-order valence-corrected chi connectivity index (χ0v) is 15.2. The number of esters is 1. The maximum Gasteiger partial charge on any atom is 0.336 e. The number of carbonyl (C=O) groups is 1. The van der Waals surface area contributed by atoms with Crippen LogP contribution in [-0.4, -0.2) is 5.97 Å². The van der Waals surface area contributed by atoms with Crippen LogP contribution in [0.15, 0.2) is 57.8 Å². The Morgan fingerprint density at radius 1 is 1.15 bits per heavy atom. The number of rotatable bonds is 4. The molecule has 0 unspecified atom stereocenters. The molecular weight excluding hydrogens is 352 g/mol. The zero-order chi connectivity index (χ0) is 18.7. The minimum Gasteiger partial charge on any atom is -0.458 e. The van der Waals surface area contributed by atoms with E-state index in [1.54, 1.807) is 18.2 Å². The number of carbonyl (C=O) groups excluding carboxylic acids is 1. The quantitative estimate of drug-likeness (QED) is 0.376. The molecule has 0 aliphatic carbocycles. The molecule has 0 saturated heterocycles. The Morgan fingerprint density at radius 3 is 2.62 bits per heavy atom. The molecular formula is C21H17ClO4. The monoisotopic (exact) mass is 368 g/mol. The second-order valence-electron chi connectivity index (χ2n) is 6.04. The van der Waals surface area contributed by atoms with Crippen molar-refractivity contribution in [3.8, 4) is 0 Å². The predicted octanol–water partition coefficient (Wildman–Crippen LogP) is 4.82. The van der Waals surface area contributed by atoms with Crippen molar-refractivity contribution in [2.24, 2.45) is 0 Å². The van der Waals surface area contributed by atoms with E-state index in [0.717, 1.165) is 16.7 Å². The molecule has 5 heteroatoms. The van der Waals surface area contributed by atoms with Crippen molar-refractivity contribution in [2.45, 2.75) is 20.5 Å². The van der Waals surface area contributed by atoms with E-state index in [1.165, 1.54) is 12.1 Å². The van der Waals surface area contributed by atoms with E-state index in [2.05, 4.69) is 0 Å². The summed E-state index contributed by atoms with van der Waals surface area (Å²) < 4.78 is 10.4. The Morgan fingerprint density at radius 2 is 1.88 bits per heavy atom. The second kappa shape index (κ2) is 7.58. The summed E-state index contributed by atoms with van der Waals surface area (Å²) in [7, 11) is 0. The van der Waals surface area contributed by atoms with Gasteiger partial charge in [-0.05, 0) is 43.2 Å². The van der Waals surface area contributed by atoms with Gasteiger partial charge in [0.2, 0.25) is 0 Å². The Labute approximate surface area is 155 Å². The maximum atomic E-state index is 12.0. The first-order valence-electron chi connectivity index (χ1n) is 8.07. The number of fused-ring (bicyclic) bond motifs is 1. The fraction of sp³-hybridized carbons (Fsp3) is 0.143. The van der Waals surface area contributed by atoms with Gasteiger partial charge >= 0.3 is 11.6 Å². The van der Waals surface area contributed by atoms with Crippen LogP contribution in [0.4, 0.5) is 0 Å². The van der Waals surface area contributed by atoms with Crippen molar-refractivity contribution in [1.82, 2.24) is 0 Å². The van der Waals surface area contributed by atoms with Crippen molar-refractivity contribution in [3.63, 3.8) is 0 Å². The Hall–Kier alpha value is -2.85. The number of benzene rings is 2. The molecule has 26 heavy (non-hydrogen) atoms. The Kier molecular flexibility index (Phi) is 5.24. The van der Waals surface area contributed by atoms with E-state index in [9.17, 15) is 9.59 Å². The van der Waals surface area contributed by atoms with Crippen LogP contribution in [0.5, 0.6) is 0 Å². The van der Waals surface area contributed by atoms with E-state index in [-0.39, 0.29) is 6.61 Å². The van der Waals surface area contributed by atoms with Gasteiger partial charge in [0.05, 0.1) is 0 Å². The van der Waals surface area contributed by atoms with Gasteiger partial charge in [0.15, 0.2) is 0 Å². The largest absolute Gasteiger partial charge is 0.458 e. The van der Waals surface area contributed by atoms with Gasteiger partial charge in [0, 0.05) is 28.1 Å². The van der Waals surface area contributed by atoms with Gasteiger partial charge in [-0.15, -0.1) is 0 Å². The number of ether oxygens (including phenoxy) is 1. The Balaban J connectivity index is 1.76. The summed E-state index contributed by atoms with van der Waals surface area (Å²) in [6, 6.07) is 12.5. The average molecular weight is 369 g/mol. The highest BCUT2D eigenvalue weighted by Gasteiger charge is 2.10. The van der Waals surface area contributed by atoms with Gasteiger partial charge in [0.25, 0.3) is 0 Å². The van der Waals surface area contributed by atoms with Crippen molar-refractivity contribution in [3.05, 3.63) is 86.2 Å². The van der Waals surface area contributed by atoms with Gasteiger partial charge in [-0.25, -0.2) is 9.59 Å². The van der Waals surface area contributed by atoms with E-state index in [0.29, 0.717) is 21.6 Å². The third kappa shape index (κ3) is 4.21. The lowest BCUT2D eigenvalue weighted by atomic mass is 10.1. The van der Waals surface area contributed by atoms with Gasteiger partial charge in [0.1, 0.15) is 12.2 Å². The molecule has 0 N–H and O–H groups in total. The number of hydrogen-bond donors (Lipinski definition) is 0. The molecule has 4 nitrogen and oxygen atoms in total. The summed E-state index contributed by atoms with van der Waals surface area (Å²) in [4.78, 5) is 23.7. The third-order valence-electron chi connectivity index (χ3n) is 3.97. The van der Waals surface area contributed by atoms with Gasteiger partial charge < -0.3 is 9.15 Å². The van der Waals surface area contributed by atoms with E-state index < -0.39 is 11.6 Å². The maximum absolute atomic E-state index is 12.0. The normalized spacial score (nSPS) is 11.2. The second-order valence-corrected chi connectivity index (χ2v) is 6.45. The lowest BCUT2D eigenvalue weighted by Gasteiger charge is -2.07. The molecule has 0 radical (unpaired) electrons. The molecule has 0 spiro atoms. The number of halogens is 1. The summed E-state index contributed by atoms with van der Waals surface area (Å²) in [5.41, 5.74) is 3.32. The molecule has 1 heterocycles. The molecule has 0 bridgehead atoms. The summed E-state index contributed by atoms with van der Waals surface area (Å²) in [6.07, 6.45) is 3.04. The summed E-state index contributed by atoms with van der Waals surface area (Å²) in [5.74, 6) is -0.495. The molecule has 0 aliphatic heterocycles. The van der Waals surface area contributed by atoms with Crippen LogP contribution < -0.4 is 5.63 Å². The van der Waals surface area contributed by atoms with Crippen LogP contribution >= 0.6 is 11.6 Å². The summed E-state index contributed by atoms with van der Waals surface area (Å²) in [6.45, 7) is 3.78. The van der Waals surface area contributed by atoms with Crippen LogP contribution in [0.1, 0.15) is 22.3 Å². The smallest absolute Gasteiger partial charge is 0.336 e. The van der Waals surface area contributed by atoms with Crippen LogP contribution in [0.3, 0.4) is 0 Å². The summed E-state index contributed by atoms with van der Waals surface area (Å²) >= 11 is 6.15. The van der Waals surface area contributed by atoms with Gasteiger partial charge in [-0.3, -0.25) is 0 Å².